The van der Waals surface area contributed by atoms with Crippen LogP contribution in [0.1, 0.15) is 32.8 Å². The zero-order chi connectivity index (χ0) is 12.0. The van der Waals surface area contributed by atoms with Crippen LogP contribution in [0.15, 0.2) is 30.3 Å². The summed E-state index contributed by atoms with van der Waals surface area (Å²) in [5, 5.41) is 0. The Morgan fingerprint density at radius 3 is 2.38 bits per heavy atom. The van der Waals surface area contributed by atoms with Gasteiger partial charge in [0.25, 0.3) is 0 Å². The van der Waals surface area contributed by atoms with E-state index in [-0.39, 0.29) is 11.9 Å². The van der Waals surface area contributed by atoms with E-state index in [9.17, 15) is 4.79 Å². The van der Waals surface area contributed by atoms with Gasteiger partial charge in [-0.05, 0) is 17.9 Å². The van der Waals surface area contributed by atoms with Crippen LogP contribution in [-0.2, 0) is 16.1 Å². The molecule has 2 nitrogen and oxygen atoms in total. The summed E-state index contributed by atoms with van der Waals surface area (Å²) < 4.78 is 5.30. The van der Waals surface area contributed by atoms with Crippen molar-refractivity contribution >= 4 is 5.97 Å². The van der Waals surface area contributed by atoms with E-state index in [0.29, 0.717) is 12.5 Å². The molecule has 1 unspecified atom stereocenters. The maximum Gasteiger partial charge on any atom is 0.309 e. The molecule has 0 heterocycles. The van der Waals surface area contributed by atoms with Gasteiger partial charge in [-0.25, -0.2) is 0 Å². The first kappa shape index (κ1) is 12.8. The highest BCUT2D eigenvalue weighted by Crippen LogP contribution is 2.17. The summed E-state index contributed by atoms with van der Waals surface area (Å²) in [6.45, 7) is 6.51. The van der Waals surface area contributed by atoms with Crippen molar-refractivity contribution in [3.05, 3.63) is 35.9 Å². The highest BCUT2D eigenvalue weighted by molar-refractivity contribution is 5.72. The summed E-state index contributed by atoms with van der Waals surface area (Å²) in [6, 6.07) is 9.77. The van der Waals surface area contributed by atoms with Crippen molar-refractivity contribution in [2.24, 2.45) is 11.8 Å². The maximum atomic E-state index is 11.8. The van der Waals surface area contributed by atoms with Crippen LogP contribution in [0.4, 0.5) is 0 Å². The second kappa shape index (κ2) is 6.31. The molecule has 1 aromatic rings. The fourth-order valence-corrected chi connectivity index (χ4v) is 1.75. The van der Waals surface area contributed by atoms with Crippen LogP contribution in [0.2, 0.25) is 0 Å². The van der Waals surface area contributed by atoms with E-state index in [0.717, 1.165) is 12.0 Å². The quantitative estimate of drug-likeness (QED) is 0.711. The standard InChI is InChI=1S/C14H20O2/c1-4-13(11(2)3)14(15)16-10-12-8-6-5-7-9-12/h5-9,11,13H,4,10H2,1-3H3. The molecule has 1 atom stereocenters. The Kier molecular flexibility index (Phi) is 5.03. The lowest BCUT2D eigenvalue weighted by Gasteiger charge is -2.17. The summed E-state index contributed by atoms with van der Waals surface area (Å²) in [6.07, 6.45) is 0.839. The van der Waals surface area contributed by atoms with Crippen LogP contribution in [0.5, 0.6) is 0 Å². The SMILES string of the molecule is CCC(C(=O)OCc1ccccc1)C(C)C. The first-order valence-corrected chi connectivity index (χ1v) is 5.85. The highest BCUT2D eigenvalue weighted by Gasteiger charge is 2.21. The molecular formula is C14H20O2. The Labute approximate surface area is 97.6 Å². The van der Waals surface area contributed by atoms with Gasteiger partial charge in [0.05, 0.1) is 5.92 Å². The fraction of sp³-hybridized carbons (Fsp3) is 0.500. The third-order valence-electron chi connectivity index (χ3n) is 2.77. The minimum Gasteiger partial charge on any atom is -0.461 e. The summed E-state index contributed by atoms with van der Waals surface area (Å²) in [7, 11) is 0. The van der Waals surface area contributed by atoms with Crippen molar-refractivity contribution in [1.29, 1.82) is 0 Å². The molecule has 0 saturated heterocycles. The van der Waals surface area contributed by atoms with Crippen molar-refractivity contribution in [1.82, 2.24) is 0 Å². The summed E-state index contributed by atoms with van der Waals surface area (Å²) in [5.41, 5.74) is 1.04. The third-order valence-corrected chi connectivity index (χ3v) is 2.77. The molecule has 16 heavy (non-hydrogen) atoms. The normalized spacial score (nSPS) is 12.5. The number of carbonyl (C=O) groups excluding carboxylic acids is 1. The van der Waals surface area contributed by atoms with E-state index in [1.54, 1.807) is 0 Å². The Morgan fingerprint density at radius 2 is 1.88 bits per heavy atom. The maximum absolute atomic E-state index is 11.8. The van der Waals surface area contributed by atoms with Gasteiger partial charge in [-0.15, -0.1) is 0 Å². The zero-order valence-electron chi connectivity index (χ0n) is 10.3. The van der Waals surface area contributed by atoms with Gasteiger partial charge in [0.1, 0.15) is 6.61 Å². The minimum atomic E-state index is -0.0821. The summed E-state index contributed by atoms with van der Waals surface area (Å²) >= 11 is 0. The van der Waals surface area contributed by atoms with Crippen LogP contribution >= 0.6 is 0 Å². The van der Waals surface area contributed by atoms with Gasteiger partial charge in [0, 0.05) is 0 Å². The van der Waals surface area contributed by atoms with Gasteiger partial charge in [-0.3, -0.25) is 4.79 Å². The summed E-state index contributed by atoms with van der Waals surface area (Å²) in [5.74, 6) is 0.276. The Balaban J connectivity index is 2.46. The molecule has 0 aliphatic carbocycles. The van der Waals surface area contributed by atoms with E-state index < -0.39 is 0 Å². The average molecular weight is 220 g/mol. The van der Waals surface area contributed by atoms with Crippen LogP contribution < -0.4 is 0 Å². The van der Waals surface area contributed by atoms with Crippen molar-refractivity contribution in [3.63, 3.8) is 0 Å². The van der Waals surface area contributed by atoms with Crippen molar-refractivity contribution < 1.29 is 9.53 Å². The predicted molar refractivity (Wildman–Crippen MR) is 64.9 cm³/mol. The van der Waals surface area contributed by atoms with E-state index in [1.165, 1.54) is 0 Å². The first-order valence-electron chi connectivity index (χ1n) is 5.85. The molecular weight excluding hydrogens is 200 g/mol. The van der Waals surface area contributed by atoms with E-state index in [1.807, 2.05) is 37.3 Å². The number of hydrogen-bond donors (Lipinski definition) is 0. The van der Waals surface area contributed by atoms with E-state index >= 15 is 0 Å². The lowest BCUT2D eigenvalue weighted by atomic mass is 9.93. The van der Waals surface area contributed by atoms with Crippen molar-refractivity contribution in [2.75, 3.05) is 0 Å². The molecule has 0 bridgehead atoms. The van der Waals surface area contributed by atoms with Crippen LogP contribution in [0, 0.1) is 11.8 Å². The highest BCUT2D eigenvalue weighted by atomic mass is 16.5. The van der Waals surface area contributed by atoms with Crippen LogP contribution in [-0.4, -0.2) is 5.97 Å². The molecule has 0 saturated carbocycles. The summed E-state index contributed by atoms with van der Waals surface area (Å²) in [4.78, 5) is 11.8. The third kappa shape index (κ3) is 3.69. The van der Waals surface area contributed by atoms with Gasteiger partial charge in [-0.1, -0.05) is 51.1 Å². The number of esters is 1. The van der Waals surface area contributed by atoms with Crippen LogP contribution in [0.3, 0.4) is 0 Å². The smallest absolute Gasteiger partial charge is 0.309 e. The largest absolute Gasteiger partial charge is 0.461 e. The predicted octanol–water partition coefficient (Wildman–Crippen LogP) is 3.41. The molecule has 0 aliphatic rings. The Bertz CT molecular complexity index is 317. The Hall–Kier alpha value is -1.31. The average Bonchev–Trinajstić information content (AvgIpc) is 2.28. The molecule has 1 rings (SSSR count). The number of benzene rings is 1. The molecule has 0 fully saturated rings. The second-order valence-electron chi connectivity index (χ2n) is 4.35. The zero-order valence-corrected chi connectivity index (χ0v) is 10.3. The molecule has 0 aliphatic heterocycles. The number of carbonyl (C=O) groups is 1. The van der Waals surface area contributed by atoms with Crippen molar-refractivity contribution in [2.45, 2.75) is 33.8 Å². The first-order chi connectivity index (χ1) is 7.65. The van der Waals surface area contributed by atoms with E-state index in [4.69, 9.17) is 4.74 Å². The fourth-order valence-electron chi connectivity index (χ4n) is 1.75. The molecule has 2 heteroatoms. The topological polar surface area (TPSA) is 26.3 Å². The lowest BCUT2D eigenvalue weighted by Crippen LogP contribution is -2.21. The van der Waals surface area contributed by atoms with Crippen molar-refractivity contribution in [3.8, 4) is 0 Å². The molecule has 0 spiro atoms. The van der Waals surface area contributed by atoms with Gasteiger partial charge in [0.2, 0.25) is 0 Å². The second-order valence-corrected chi connectivity index (χ2v) is 4.35. The number of rotatable bonds is 5. The van der Waals surface area contributed by atoms with Gasteiger partial charge < -0.3 is 4.74 Å². The molecule has 0 amide bonds. The lowest BCUT2D eigenvalue weighted by molar-refractivity contribution is -0.151. The van der Waals surface area contributed by atoms with Crippen LogP contribution in [0.25, 0.3) is 0 Å². The van der Waals surface area contributed by atoms with E-state index in [2.05, 4.69) is 13.8 Å². The Morgan fingerprint density at radius 1 is 1.25 bits per heavy atom. The molecule has 0 aromatic heterocycles. The number of hydrogen-bond acceptors (Lipinski definition) is 2. The monoisotopic (exact) mass is 220 g/mol. The van der Waals surface area contributed by atoms with Gasteiger partial charge in [-0.2, -0.15) is 0 Å². The molecule has 0 radical (unpaired) electrons. The van der Waals surface area contributed by atoms with Gasteiger partial charge in [0.15, 0.2) is 0 Å². The number of ether oxygens (including phenoxy) is 1. The molecule has 1 aromatic carbocycles. The van der Waals surface area contributed by atoms with Gasteiger partial charge >= 0.3 is 5.97 Å². The minimum absolute atomic E-state index is 0.0173. The molecule has 88 valence electrons. The molecule has 0 N–H and O–H groups in total.